The number of unbranched alkanes of at least 4 members (excludes halogenated alkanes) is 5. The Hall–Kier alpha value is 0.250. The lowest BCUT2D eigenvalue weighted by Gasteiger charge is -2.00. The van der Waals surface area contributed by atoms with Gasteiger partial charge in [-0.25, -0.2) is 0 Å². The minimum Gasteiger partial charge on any atom is -0.379 e. The van der Waals surface area contributed by atoms with Crippen molar-refractivity contribution >= 4 is 26.2 Å². The van der Waals surface area contributed by atoms with Gasteiger partial charge in [0.1, 0.15) is 0 Å². The van der Waals surface area contributed by atoms with Crippen LogP contribution in [0, 0.1) is 5.41 Å². The van der Waals surface area contributed by atoms with Gasteiger partial charge >= 0.3 is 0 Å². The summed E-state index contributed by atoms with van der Waals surface area (Å²) in [5.41, 5.74) is 5.22. The number of thioether (sulfide) groups is 1. The molecule has 0 aromatic carbocycles. The average molecular weight is 220 g/mol. The molecule has 2 nitrogen and oxygen atoms in total. The van der Waals surface area contributed by atoms with Gasteiger partial charge in [0.05, 0.1) is 0 Å². The summed E-state index contributed by atoms with van der Waals surface area (Å²) in [4.78, 5) is 0. The Bertz CT molecular complexity index is 131. The van der Waals surface area contributed by atoms with Gasteiger partial charge in [0.25, 0.3) is 0 Å². The third-order valence-electron chi connectivity index (χ3n) is 1.86. The lowest BCUT2D eigenvalue weighted by Crippen LogP contribution is -2.04. The van der Waals surface area contributed by atoms with Crippen molar-refractivity contribution in [1.82, 2.24) is 0 Å². The van der Waals surface area contributed by atoms with Crippen LogP contribution in [0.25, 0.3) is 0 Å². The summed E-state index contributed by atoms with van der Waals surface area (Å²) in [7, 11) is 2.76. The molecular formula is C9H21N2PS. The van der Waals surface area contributed by atoms with E-state index in [0.29, 0.717) is 0 Å². The fourth-order valence-electron chi connectivity index (χ4n) is 1.14. The highest BCUT2D eigenvalue weighted by molar-refractivity contribution is 8.13. The zero-order valence-corrected chi connectivity index (χ0v) is 10.2. The summed E-state index contributed by atoms with van der Waals surface area (Å²) in [5, 5.41) is 7.26. The maximum absolute atomic E-state index is 7.00. The van der Waals surface area contributed by atoms with Crippen LogP contribution >= 0.6 is 21.0 Å². The van der Waals surface area contributed by atoms with Gasteiger partial charge in [-0.05, 0) is 19.0 Å². The number of nitrogens with one attached hydrogen (secondary N) is 1. The molecule has 0 rings (SSSR count). The Balaban J connectivity index is 2.87. The summed E-state index contributed by atoms with van der Waals surface area (Å²) >= 11 is 1.46. The van der Waals surface area contributed by atoms with Gasteiger partial charge in [-0.2, -0.15) is 0 Å². The monoisotopic (exact) mass is 220 g/mol. The Morgan fingerprint density at radius 2 is 1.62 bits per heavy atom. The van der Waals surface area contributed by atoms with E-state index in [1.54, 1.807) is 0 Å². The third-order valence-corrected chi connectivity index (χ3v) is 3.07. The van der Waals surface area contributed by atoms with Crippen molar-refractivity contribution in [2.45, 2.75) is 38.5 Å². The quantitative estimate of drug-likeness (QED) is 0.286. The van der Waals surface area contributed by atoms with E-state index in [1.165, 1.54) is 56.4 Å². The molecule has 0 bridgehead atoms. The SMILES string of the molecule is N=C(N)SCCCCCCCCP. The van der Waals surface area contributed by atoms with Crippen LogP contribution in [-0.4, -0.2) is 17.1 Å². The molecule has 4 heteroatoms. The first-order valence-corrected chi connectivity index (χ1v) is 6.74. The largest absolute Gasteiger partial charge is 0.379 e. The molecule has 0 aliphatic carbocycles. The molecule has 0 spiro atoms. The first kappa shape index (κ1) is 13.2. The predicted molar refractivity (Wildman–Crippen MR) is 66.7 cm³/mol. The van der Waals surface area contributed by atoms with Crippen LogP contribution in [0.2, 0.25) is 0 Å². The van der Waals surface area contributed by atoms with Crippen molar-refractivity contribution in [3.63, 3.8) is 0 Å². The smallest absolute Gasteiger partial charge is 0.151 e. The fourth-order valence-corrected chi connectivity index (χ4v) is 1.99. The number of amidine groups is 1. The van der Waals surface area contributed by atoms with Gasteiger partial charge in [-0.15, -0.1) is 9.24 Å². The molecule has 0 aliphatic rings. The van der Waals surface area contributed by atoms with Crippen molar-refractivity contribution in [2.75, 3.05) is 11.9 Å². The zero-order valence-electron chi connectivity index (χ0n) is 8.22. The summed E-state index contributed by atoms with van der Waals surface area (Å²) in [6.45, 7) is 0. The van der Waals surface area contributed by atoms with Gasteiger partial charge in [0.2, 0.25) is 0 Å². The zero-order chi connectivity index (χ0) is 9.94. The van der Waals surface area contributed by atoms with E-state index in [2.05, 4.69) is 9.24 Å². The summed E-state index contributed by atoms with van der Waals surface area (Å²) < 4.78 is 0. The van der Waals surface area contributed by atoms with E-state index in [9.17, 15) is 0 Å². The summed E-state index contributed by atoms with van der Waals surface area (Å²) in [6, 6.07) is 0. The first-order valence-electron chi connectivity index (χ1n) is 4.94. The fraction of sp³-hybridized carbons (Fsp3) is 0.889. The van der Waals surface area contributed by atoms with E-state index in [4.69, 9.17) is 11.1 Å². The normalized spacial score (nSPS) is 10.2. The molecule has 78 valence electrons. The van der Waals surface area contributed by atoms with Crippen molar-refractivity contribution in [3.05, 3.63) is 0 Å². The molecule has 0 radical (unpaired) electrons. The molecule has 1 atom stereocenters. The summed E-state index contributed by atoms with van der Waals surface area (Å²) in [6.07, 6.45) is 9.13. The van der Waals surface area contributed by atoms with Gasteiger partial charge in [-0.1, -0.05) is 37.4 Å². The van der Waals surface area contributed by atoms with E-state index in [1.807, 2.05) is 0 Å². The van der Waals surface area contributed by atoms with Gasteiger partial charge in [-0.3, -0.25) is 5.41 Å². The lowest BCUT2D eigenvalue weighted by atomic mass is 10.1. The van der Waals surface area contributed by atoms with E-state index in [-0.39, 0.29) is 5.17 Å². The molecule has 3 N–H and O–H groups in total. The maximum atomic E-state index is 7.00. The summed E-state index contributed by atoms with van der Waals surface area (Å²) in [5.74, 6) is 1.01. The number of hydrogen-bond acceptors (Lipinski definition) is 2. The number of hydrogen-bond donors (Lipinski definition) is 2. The second-order valence-electron chi connectivity index (χ2n) is 3.12. The van der Waals surface area contributed by atoms with Crippen LogP contribution < -0.4 is 5.73 Å². The Morgan fingerprint density at radius 3 is 2.15 bits per heavy atom. The highest BCUT2D eigenvalue weighted by atomic mass is 32.2. The highest BCUT2D eigenvalue weighted by Crippen LogP contribution is 2.09. The third kappa shape index (κ3) is 12.2. The van der Waals surface area contributed by atoms with Crippen molar-refractivity contribution in [3.8, 4) is 0 Å². The van der Waals surface area contributed by atoms with Crippen molar-refractivity contribution in [2.24, 2.45) is 5.73 Å². The minimum atomic E-state index is 0.253. The molecule has 13 heavy (non-hydrogen) atoms. The van der Waals surface area contributed by atoms with Crippen LogP contribution in [0.3, 0.4) is 0 Å². The Labute approximate surface area is 88.1 Å². The molecule has 0 saturated heterocycles. The molecule has 1 unspecified atom stereocenters. The van der Waals surface area contributed by atoms with Gasteiger partial charge in [0, 0.05) is 5.75 Å². The Morgan fingerprint density at radius 1 is 1.08 bits per heavy atom. The highest BCUT2D eigenvalue weighted by Gasteiger charge is 1.92. The predicted octanol–water partition coefficient (Wildman–Crippen LogP) is 2.83. The van der Waals surface area contributed by atoms with E-state index in [0.717, 1.165) is 5.75 Å². The maximum Gasteiger partial charge on any atom is 0.151 e. The number of rotatable bonds is 8. The first-order chi connectivity index (χ1) is 6.27. The second-order valence-corrected chi connectivity index (χ2v) is 4.84. The lowest BCUT2D eigenvalue weighted by molar-refractivity contribution is 0.629. The minimum absolute atomic E-state index is 0.253. The molecule has 0 amide bonds. The van der Waals surface area contributed by atoms with Gasteiger partial charge < -0.3 is 5.73 Å². The number of nitrogens with two attached hydrogens (primary N) is 1. The molecule has 0 aromatic rings. The van der Waals surface area contributed by atoms with Crippen LogP contribution in [0.1, 0.15) is 38.5 Å². The molecule has 0 fully saturated rings. The molecule has 0 saturated carbocycles. The van der Waals surface area contributed by atoms with Gasteiger partial charge in [0.15, 0.2) is 5.17 Å². The second kappa shape index (κ2) is 10.3. The van der Waals surface area contributed by atoms with Crippen molar-refractivity contribution < 1.29 is 0 Å². The standard InChI is InChI=1S/C9H21N2PS/c10-9(11)13-8-6-4-2-1-3-5-7-12/h1-8,12H2,(H3,10,11). The average Bonchev–Trinajstić information content (AvgIpc) is 2.09. The molecule has 0 aliphatic heterocycles. The van der Waals surface area contributed by atoms with E-state index >= 15 is 0 Å². The molecule has 0 aromatic heterocycles. The van der Waals surface area contributed by atoms with Crippen LogP contribution in [0.5, 0.6) is 0 Å². The van der Waals surface area contributed by atoms with Crippen LogP contribution in [0.4, 0.5) is 0 Å². The Kier molecular flexibility index (Phi) is 10.5. The molecular weight excluding hydrogens is 199 g/mol. The van der Waals surface area contributed by atoms with Crippen molar-refractivity contribution in [1.29, 1.82) is 5.41 Å². The molecule has 0 heterocycles. The van der Waals surface area contributed by atoms with E-state index < -0.39 is 0 Å². The van der Waals surface area contributed by atoms with Crippen LogP contribution in [-0.2, 0) is 0 Å². The van der Waals surface area contributed by atoms with Crippen LogP contribution in [0.15, 0.2) is 0 Å². The topological polar surface area (TPSA) is 49.9 Å².